The van der Waals surface area contributed by atoms with E-state index in [2.05, 4.69) is 6.92 Å². The SMILES string of the molecule is CC1CCC(OCCOCCS(=O)(=O)Cl)C1. The largest absolute Gasteiger partial charge is 0.378 e. The molecule has 0 aliphatic heterocycles. The summed E-state index contributed by atoms with van der Waals surface area (Å²) in [5.74, 6) is 0.613. The molecule has 0 aromatic carbocycles. The highest BCUT2D eigenvalue weighted by molar-refractivity contribution is 8.13. The van der Waals surface area contributed by atoms with Gasteiger partial charge in [-0.3, -0.25) is 0 Å². The molecule has 1 aliphatic rings. The smallest absolute Gasteiger partial charge is 0.234 e. The second kappa shape index (κ2) is 6.79. The van der Waals surface area contributed by atoms with E-state index in [1.54, 1.807) is 0 Å². The van der Waals surface area contributed by atoms with Crippen LogP contribution in [0.2, 0.25) is 0 Å². The van der Waals surface area contributed by atoms with Crippen LogP contribution < -0.4 is 0 Å². The Hall–Kier alpha value is 0.160. The molecule has 1 saturated carbocycles. The zero-order valence-electron chi connectivity index (χ0n) is 9.52. The van der Waals surface area contributed by atoms with E-state index in [0.29, 0.717) is 19.3 Å². The number of rotatable bonds is 7. The number of hydrogen-bond acceptors (Lipinski definition) is 4. The molecule has 0 amide bonds. The molecule has 0 heterocycles. The lowest BCUT2D eigenvalue weighted by atomic mass is 10.1. The van der Waals surface area contributed by atoms with Gasteiger partial charge in [-0.25, -0.2) is 8.42 Å². The first-order chi connectivity index (χ1) is 7.47. The van der Waals surface area contributed by atoms with Crippen molar-refractivity contribution in [2.75, 3.05) is 25.6 Å². The lowest BCUT2D eigenvalue weighted by molar-refractivity contribution is 0.00988. The minimum atomic E-state index is -3.43. The molecule has 2 atom stereocenters. The third-order valence-electron chi connectivity index (χ3n) is 2.70. The van der Waals surface area contributed by atoms with Crippen molar-refractivity contribution in [1.82, 2.24) is 0 Å². The van der Waals surface area contributed by atoms with Gasteiger partial charge in [0.25, 0.3) is 0 Å². The summed E-state index contributed by atoms with van der Waals surface area (Å²) in [5, 5.41) is 0. The summed E-state index contributed by atoms with van der Waals surface area (Å²) >= 11 is 0. The van der Waals surface area contributed by atoms with Crippen LogP contribution in [0.1, 0.15) is 26.2 Å². The first-order valence-electron chi connectivity index (χ1n) is 5.59. The summed E-state index contributed by atoms with van der Waals surface area (Å²) in [4.78, 5) is 0. The second-order valence-electron chi connectivity index (χ2n) is 4.27. The van der Waals surface area contributed by atoms with E-state index in [-0.39, 0.29) is 12.4 Å². The van der Waals surface area contributed by atoms with Crippen LogP contribution in [0.15, 0.2) is 0 Å². The summed E-state index contributed by atoms with van der Waals surface area (Å²) in [6.07, 6.45) is 3.83. The average molecular weight is 271 g/mol. The highest BCUT2D eigenvalue weighted by Gasteiger charge is 2.21. The second-order valence-corrected chi connectivity index (χ2v) is 7.16. The first kappa shape index (κ1) is 14.2. The Morgan fingerprint density at radius 2 is 2.00 bits per heavy atom. The Kier molecular flexibility index (Phi) is 6.03. The summed E-state index contributed by atoms with van der Waals surface area (Å²) in [6.45, 7) is 3.32. The van der Waals surface area contributed by atoms with Gasteiger partial charge >= 0.3 is 0 Å². The van der Waals surface area contributed by atoms with Crippen molar-refractivity contribution in [3.05, 3.63) is 0 Å². The molecule has 96 valence electrons. The molecular weight excluding hydrogens is 252 g/mol. The van der Waals surface area contributed by atoms with Gasteiger partial charge < -0.3 is 9.47 Å². The monoisotopic (exact) mass is 270 g/mol. The normalized spacial score (nSPS) is 26.1. The van der Waals surface area contributed by atoms with E-state index < -0.39 is 9.05 Å². The fraction of sp³-hybridized carbons (Fsp3) is 1.00. The molecular formula is C10H19ClO4S. The van der Waals surface area contributed by atoms with E-state index in [4.69, 9.17) is 20.2 Å². The van der Waals surface area contributed by atoms with Gasteiger partial charge in [0.1, 0.15) is 0 Å². The van der Waals surface area contributed by atoms with Crippen molar-refractivity contribution in [1.29, 1.82) is 0 Å². The molecule has 0 spiro atoms. The van der Waals surface area contributed by atoms with Crippen LogP contribution in [0, 0.1) is 5.92 Å². The van der Waals surface area contributed by atoms with Crippen molar-refractivity contribution in [3.8, 4) is 0 Å². The fourth-order valence-corrected chi connectivity index (χ4v) is 2.35. The van der Waals surface area contributed by atoms with Crippen molar-refractivity contribution >= 4 is 19.7 Å². The zero-order valence-corrected chi connectivity index (χ0v) is 11.1. The van der Waals surface area contributed by atoms with Crippen LogP contribution in [-0.2, 0) is 18.5 Å². The fourth-order valence-electron chi connectivity index (χ4n) is 1.84. The molecule has 1 rings (SSSR count). The van der Waals surface area contributed by atoms with E-state index in [1.807, 2.05) is 0 Å². The van der Waals surface area contributed by atoms with Crippen LogP contribution in [0.5, 0.6) is 0 Å². The van der Waals surface area contributed by atoms with Crippen molar-refractivity contribution in [2.24, 2.45) is 5.92 Å². The third kappa shape index (κ3) is 6.68. The number of halogens is 1. The third-order valence-corrected chi connectivity index (χ3v) is 3.82. The summed E-state index contributed by atoms with van der Waals surface area (Å²) < 4.78 is 31.8. The lowest BCUT2D eigenvalue weighted by Gasteiger charge is -2.11. The van der Waals surface area contributed by atoms with Gasteiger partial charge in [0.05, 0.1) is 31.7 Å². The van der Waals surface area contributed by atoms with E-state index in [1.165, 1.54) is 6.42 Å². The molecule has 0 aromatic rings. The van der Waals surface area contributed by atoms with Gasteiger partial charge in [0.2, 0.25) is 9.05 Å². The Bertz CT molecular complexity index is 291. The molecule has 4 nitrogen and oxygen atoms in total. The van der Waals surface area contributed by atoms with E-state index in [0.717, 1.165) is 18.8 Å². The minimum Gasteiger partial charge on any atom is -0.378 e. The average Bonchev–Trinajstić information content (AvgIpc) is 2.56. The number of ether oxygens (including phenoxy) is 2. The highest BCUT2D eigenvalue weighted by Crippen LogP contribution is 2.26. The lowest BCUT2D eigenvalue weighted by Crippen LogP contribution is -2.15. The predicted octanol–water partition coefficient (Wildman–Crippen LogP) is 1.78. The molecule has 16 heavy (non-hydrogen) atoms. The zero-order chi connectivity index (χ0) is 12.0. The Morgan fingerprint density at radius 1 is 1.25 bits per heavy atom. The Balaban J connectivity index is 1.92. The Morgan fingerprint density at radius 3 is 2.56 bits per heavy atom. The Labute approximate surface area is 102 Å². The van der Waals surface area contributed by atoms with Gasteiger partial charge in [-0.2, -0.15) is 0 Å². The molecule has 0 bridgehead atoms. The first-order valence-corrected chi connectivity index (χ1v) is 8.07. The van der Waals surface area contributed by atoms with Gasteiger partial charge in [-0.1, -0.05) is 6.92 Å². The van der Waals surface area contributed by atoms with Crippen LogP contribution in [0.3, 0.4) is 0 Å². The molecule has 0 N–H and O–H groups in total. The van der Waals surface area contributed by atoms with Gasteiger partial charge in [-0.15, -0.1) is 0 Å². The summed E-state index contributed by atoms with van der Waals surface area (Å²) in [6, 6.07) is 0. The van der Waals surface area contributed by atoms with Crippen molar-refractivity contribution < 1.29 is 17.9 Å². The van der Waals surface area contributed by atoms with E-state index >= 15 is 0 Å². The molecule has 1 aliphatic carbocycles. The maximum atomic E-state index is 10.6. The highest BCUT2D eigenvalue weighted by atomic mass is 35.7. The van der Waals surface area contributed by atoms with Crippen LogP contribution >= 0.6 is 10.7 Å². The van der Waals surface area contributed by atoms with Crippen LogP contribution in [0.4, 0.5) is 0 Å². The standard InChI is InChI=1S/C10H19ClO4S/c1-9-2-3-10(8-9)15-5-4-14-6-7-16(11,12)13/h9-10H,2-8H2,1H3. The number of hydrogen-bond donors (Lipinski definition) is 0. The molecule has 0 aromatic heterocycles. The topological polar surface area (TPSA) is 52.6 Å². The van der Waals surface area contributed by atoms with Gasteiger partial charge in [0, 0.05) is 10.7 Å². The predicted molar refractivity (Wildman–Crippen MR) is 63.2 cm³/mol. The van der Waals surface area contributed by atoms with Gasteiger partial charge in [-0.05, 0) is 25.2 Å². The van der Waals surface area contributed by atoms with Crippen LogP contribution in [0.25, 0.3) is 0 Å². The molecule has 0 radical (unpaired) electrons. The molecule has 0 saturated heterocycles. The van der Waals surface area contributed by atoms with Crippen LogP contribution in [-0.4, -0.2) is 40.1 Å². The van der Waals surface area contributed by atoms with Crippen molar-refractivity contribution in [2.45, 2.75) is 32.3 Å². The maximum Gasteiger partial charge on any atom is 0.234 e. The molecule has 1 fully saturated rings. The molecule has 6 heteroatoms. The maximum absolute atomic E-state index is 10.6. The van der Waals surface area contributed by atoms with Gasteiger partial charge in [0.15, 0.2) is 0 Å². The van der Waals surface area contributed by atoms with E-state index in [9.17, 15) is 8.42 Å². The summed E-state index contributed by atoms with van der Waals surface area (Å²) in [7, 11) is 1.60. The quantitative estimate of drug-likeness (QED) is 0.523. The molecule has 2 unspecified atom stereocenters. The van der Waals surface area contributed by atoms with Crippen molar-refractivity contribution in [3.63, 3.8) is 0 Å². The minimum absolute atomic E-state index is 0.135. The summed E-state index contributed by atoms with van der Waals surface area (Å²) in [5.41, 5.74) is 0.